The number of ether oxygens (including phenoxy) is 11. The third kappa shape index (κ3) is 23.4. The van der Waals surface area contributed by atoms with Crippen LogP contribution in [0, 0.1) is 35.1 Å². The fourth-order valence-electron chi connectivity index (χ4n) is 6.47. The number of esters is 1. The molecule has 1 fully saturated rings. The number of nitrogens with two attached hydrogens (primary N) is 1. The zero-order valence-corrected chi connectivity index (χ0v) is 41.8. The first kappa shape index (κ1) is 60.4. The molecule has 404 valence electrons. The molecule has 72 heavy (non-hydrogen) atoms. The van der Waals surface area contributed by atoms with Gasteiger partial charge in [0.05, 0.1) is 161 Å². The monoisotopic (exact) mass is 1050 g/mol. The summed E-state index contributed by atoms with van der Waals surface area (Å²) in [6.07, 6.45) is 2.39. The molecule has 0 unspecified atom stereocenters. The van der Waals surface area contributed by atoms with E-state index in [0.717, 1.165) is 16.2 Å². The first-order valence-electron chi connectivity index (χ1n) is 23.8. The number of aliphatic imine (C=N–C) groups is 1. The molecule has 19 nitrogen and oxygen atoms in total. The number of rotatable bonds is 39. The van der Waals surface area contributed by atoms with E-state index in [4.69, 9.17) is 57.9 Å². The number of hydrogen-bond donors (Lipinski definition) is 2. The smallest absolute Gasteiger partial charge is 0.313 e. The van der Waals surface area contributed by atoms with Crippen molar-refractivity contribution in [2.75, 3.05) is 165 Å². The van der Waals surface area contributed by atoms with E-state index in [-0.39, 0.29) is 44.8 Å². The quantitative estimate of drug-likeness (QED) is 0.0185. The topological polar surface area (TPSA) is 210 Å². The summed E-state index contributed by atoms with van der Waals surface area (Å²) in [4.78, 5) is 38.5. The van der Waals surface area contributed by atoms with Crippen molar-refractivity contribution in [2.24, 2.45) is 10.7 Å². The van der Waals surface area contributed by atoms with Gasteiger partial charge in [-0.1, -0.05) is 18.8 Å². The lowest BCUT2D eigenvalue weighted by Crippen LogP contribution is -2.61. The number of carbonyl (C=O) groups is 2. The van der Waals surface area contributed by atoms with Crippen LogP contribution in [0.1, 0.15) is 42.9 Å². The van der Waals surface area contributed by atoms with Crippen LogP contribution in [0.25, 0.3) is 6.08 Å². The summed E-state index contributed by atoms with van der Waals surface area (Å²) < 4.78 is 113. The SMILES string of the molecule is CCCN(OCC)C(=O)C1=Cc2sc(C#CC3(O)CN(CCOCCOCCOCCOCCOCCOCCOCCOCCOCCOCCC(=O)Oc4c(F)c(F)cc(F)c4F)C3)cc2N=C(N)C1. The van der Waals surface area contributed by atoms with Crippen molar-refractivity contribution in [3.05, 3.63) is 50.7 Å². The number of amidine groups is 1. The molecule has 0 aliphatic carbocycles. The Labute approximate surface area is 421 Å². The fraction of sp³-hybridized carbons (Fsp3) is 0.646. The normalized spacial score (nSPS) is 14.2. The van der Waals surface area contributed by atoms with Gasteiger partial charge in [-0.05, 0) is 25.5 Å². The number of thiophene rings is 1. The Balaban J connectivity index is 0.839. The van der Waals surface area contributed by atoms with E-state index in [2.05, 4.69) is 26.5 Å². The summed E-state index contributed by atoms with van der Waals surface area (Å²) in [5, 5.41) is 12.3. The van der Waals surface area contributed by atoms with Crippen LogP contribution in [0.15, 0.2) is 22.7 Å². The van der Waals surface area contributed by atoms with Gasteiger partial charge in [0, 0.05) is 44.2 Å². The zero-order chi connectivity index (χ0) is 51.8. The summed E-state index contributed by atoms with van der Waals surface area (Å²) >= 11 is 1.40. The van der Waals surface area contributed by atoms with Gasteiger partial charge in [0.1, 0.15) is 5.84 Å². The highest BCUT2D eigenvalue weighted by atomic mass is 32.1. The first-order chi connectivity index (χ1) is 34.9. The molecule has 0 atom stereocenters. The molecule has 3 heterocycles. The molecule has 0 saturated carbocycles. The van der Waals surface area contributed by atoms with Gasteiger partial charge in [0.25, 0.3) is 5.91 Å². The second-order valence-electron chi connectivity index (χ2n) is 15.8. The van der Waals surface area contributed by atoms with Crippen molar-refractivity contribution >= 4 is 40.8 Å². The van der Waals surface area contributed by atoms with Crippen molar-refractivity contribution in [3.63, 3.8) is 0 Å². The van der Waals surface area contributed by atoms with Gasteiger partial charge in [0.15, 0.2) is 17.2 Å². The standard InChI is InChI=1S/C48H68F4N4O15S/c1-3-8-56(70-4-2)47(58)36-30-41-40(54-42(53)31-36)32-37(72-41)5-7-48(59)34-55(35-48)9-11-61-13-15-63-17-19-65-21-23-67-25-27-69-29-28-68-26-24-66-22-20-64-18-16-62-14-12-60-10-6-43(57)71-46-44(51)38(49)33-39(50)45(46)52/h30,32-33,59H,3-4,6,8-29,31,34-35H2,1-2H3,(H2,53,54). The van der Waals surface area contributed by atoms with Gasteiger partial charge in [0.2, 0.25) is 17.4 Å². The highest BCUT2D eigenvalue weighted by Crippen LogP contribution is 2.35. The Bertz CT molecular complexity index is 2020. The van der Waals surface area contributed by atoms with Crippen molar-refractivity contribution in [3.8, 4) is 17.6 Å². The van der Waals surface area contributed by atoms with Crippen LogP contribution < -0.4 is 10.5 Å². The van der Waals surface area contributed by atoms with E-state index in [9.17, 15) is 32.3 Å². The van der Waals surface area contributed by atoms with E-state index in [1.54, 1.807) is 6.08 Å². The zero-order valence-electron chi connectivity index (χ0n) is 41.0. The van der Waals surface area contributed by atoms with Gasteiger partial charge < -0.3 is 62.9 Å². The Morgan fingerprint density at radius 1 is 0.722 bits per heavy atom. The predicted octanol–water partition coefficient (Wildman–Crippen LogP) is 3.83. The number of carbonyl (C=O) groups excluding carboxylic acids is 2. The average Bonchev–Trinajstić information content (AvgIpc) is 3.65. The van der Waals surface area contributed by atoms with Crippen LogP contribution in [-0.4, -0.2) is 203 Å². The molecule has 0 bridgehead atoms. The number of halogens is 4. The lowest BCUT2D eigenvalue weighted by molar-refractivity contribution is -0.180. The number of likely N-dealkylation sites (tertiary alicyclic amines) is 1. The van der Waals surface area contributed by atoms with Gasteiger partial charge >= 0.3 is 5.97 Å². The number of benzene rings is 1. The molecule has 3 N–H and O–H groups in total. The largest absolute Gasteiger partial charge is 0.420 e. The maximum absolute atomic E-state index is 13.6. The van der Waals surface area contributed by atoms with Crippen molar-refractivity contribution in [1.82, 2.24) is 9.96 Å². The molecule has 0 spiro atoms. The molecule has 1 saturated heterocycles. The molecule has 2 aliphatic heterocycles. The highest BCUT2D eigenvalue weighted by Gasteiger charge is 2.39. The van der Waals surface area contributed by atoms with Crippen LogP contribution in [0.4, 0.5) is 23.2 Å². The Hall–Kier alpha value is -4.17. The number of hydrogen-bond acceptors (Lipinski definition) is 19. The molecule has 1 aromatic heterocycles. The van der Waals surface area contributed by atoms with Crippen LogP contribution >= 0.6 is 11.3 Å². The molecule has 2 aliphatic rings. The van der Waals surface area contributed by atoms with Gasteiger partial charge in [-0.15, -0.1) is 11.3 Å². The van der Waals surface area contributed by atoms with Crippen LogP contribution in [-0.2, 0) is 61.8 Å². The van der Waals surface area contributed by atoms with Gasteiger partial charge in [-0.25, -0.2) is 18.8 Å². The number of amides is 1. The maximum atomic E-state index is 13.6. The minimum Gasteiger partial charge on any atom is -0.420 e. The molecule has 1 amide bonds. The molecular formula is C48H68F4N4O15S. The minimum absolute atomic E-state index is 0.0154. The maximum Gasteiger partial charge on any atom is 0.313 e. The molecule has 1 aromatic carbocycles. The summed E-state index contributed by atoms with van der Waals surface area (Å²) in [5.41, 5.74) is 6.19. The number of aliphatic hydroxyl groups is 1. The predicted molar refractivity (Wildman–Crippen MR) is 255 cm³/mol. The van der Waals surface area contributed by atoms with Gasteiger partial charge in [-0.2, -0.15) is 8.78 Å². The van der Waals surface area contributed by atoms with Crippen LogP contribution in [0.5, 0.6) is 5.75 Å². The summed E-state index contributed by atoms with van der Waals surface area (Å²) in [5.74, 6) is -3.33. The third-order valence-electron chi connectivity index (χ3n) is 9.92. The van der Waals surface area contributed by atoms with Gasteiger partial charge in [-0.3, -0.25) is 19.3 Å². The summed E-state index contributed by atoms with van der Waals surface area (Å²) in [7, 11) is 0. The van der Waals surface area contributed by atoms with E-state index < -0.39 is 47.0 Å². The van der Waals surface area contributed by atoms with Crippen molar-refractivity contribution in [2.45, 2.75) is 38.7 Å². The Morgan fingerprint density at radius 2 is 1.18 bits per heavy atom. The van der Waals surface area contributed by atoms with E-state index in [0.29, 0.717) is 156 Å². The van der Waals surface area contributed by atoms with E-state index in [1.807, 2.05) is 19.9 Å². The van der Waals surface area contributed by atoms with Crippen LogP contribution in [0.3, 0.4) is 0 Å². The first-order valence-corrected chi connectivity index (χ1v) is 24.7. The lowest BCUT2D eigenvalue weighted by Gasteiger charge is -2.43. The lowest BCUT2D eigenvalue weighted by atomic mass is 9.95. The molecule has 4 rings (SSSR count). The van der Waals surface area contributed by atoms with Crippen LogP contribution in [0.2, 0.25) is 0 Å². The molecule has 0 radical (unpaired) electrons. The number of nitrogens with zero attached hydrogens (tertiary/aromatic N) is 3. The summed E-state index contributed by atoms with van der Waals surface area (Å²) in [6, 6.07) is 1.84. The van der Waals surface area contributed by atoms with Crippen molar-refractivity contribution < 1.29 is 89.2 Å². The fourth-order valence-corrected chi connectivity index (χ4v) is 7.39. The highest BCUT2D eigenvalue weighted by molar-refractivity contribution is 7.14. The Kier molecular flexibility index (Phi) is 29.4. The molecule has 2 aromatic rings. The number of hydroxylamine groups is 2. The second kappa shape index (κ2) is 35.1. The molecule has 24 heteroatoms. The third-order valence-corrected chi connectivity index (χ3v) is 10.9. The van der Waals surface area contributed by atoms with Crippen molar-refractivity contribution in [1.29, 1.82) is 0 Å². The van der Waals surface area contributed by atoms with E-state index in [1.165, 1.54) is 16.4 Å². The second-order valence-corrected chi connectivity index (χ2v) is 16.9. The molecular weight excluding hydrogens is 981 g/mol. The number of fused-ring (bicyclic) bond motifs is 1. The number of β-amino-alcohol motifs (C(OH)–C–C–N with tert-alkyl or cyclic N) is 1. The minimum atomic E-state index is -1.80. The Morgan fingerprint density at radius 3 is 1.64 bits per heavy atom. The van der Waals surface area contributed by atoms with E-state index >= 15 is 0 Å². The average molecular weight is 1050 g/mol. The summed E-state index contributed by atoms with van der Waals surface area (Å²) in [6.45, 7) is 13.3.